The largest absolute Gasteiger partial charge is 0.505 e. The number of benzene rings is 1. The lowest BCUT2D eigenvalue weighted by Crippen LogP contribution is -2.19. The molecule has 0 heterocycles. The van der Waals surface area contributed by atoms with Crippen molar-refractivity contribution < 1.29 is 18.3 Å². The average molecular weight is 242 g/mol. The second-order valence-electron chi connectivity index (χ2n) is 3.04. The molecule has 0 amide bonds. The molecule has 1 aromatic rings. The van der Waals surface area contributed by atoms with Crippen LogP contribution in [-0.2, 0) is 0 Å². The van der Waals surface area contributed by atoms with Crippen LogP contribution in [0.15, 0.2) is 12.1 Å². The van der Waals surface area contributed by atoms with E-state index in [1.807, 2.05) is 0 Å². The number of rotatable bonds is 2. The number of nitrogens with two attached hydrogens (primary N) is 1. The fourth-order valence-corrected chi connectivity index (χ4v) is 1.15. The van der Waals surface area contributed by atoms with Gasteiger partial charge in [-0.1, -0.05) is 6.07 Å². The highest BCUT2D eigenvalue weighted by atomic mass is 35.5. The second kappa shape index (κ2) is 5.23. The SMILES string of the molecule is Cc1cc(F)c(O)c([C@@H](N)C(F)F)c1.Cl. The van der Waals surface area contributed by atoms with E-state index in [4.69, 9.17) is 10.8 Å². The van der Waals surface area contributed by atoms with Gasteiger partial charge in [-0.25, -0.2) is 13.2 Å². The van der Waals surface area contributed by atoms with Gasteiger partial charge in [-0.15, -0.1) is 12.4 Å². The van der Waals surface area contributed by atoms with Gasteiger partial charge in [0.15, 0.2) is 11.6 Å². The van der Waals surface area contributed by atoms with Gasteiger partial charge in [0, 0.05) is 5.56 Å². The van der Waals surface area contributed by atoms with Crippen molar-refractivity contribution in [3.63, 3.8) is 0 Å². The van der Waals surface area contributed by atoms with E-state index in [-0.39, 0.29) is 18.0 Å². The summed E-state index contributed by atoms with van der Waals surface area (Å²) in [6.07, 6.45) is -2.83. The van der Waals surface area contributed by atoms with Crippen LogP contribution >= 0.6 is 12.4 Å². The van der Waals surface area contributed by atoms with E-state index in [1.165, 1.54) is 13.0 Å². The molecule has 0 aliphatic carbocycles. The van der Waals surface area contributed by atoms with Crippen molar-refractivity contribution in [2.24, 2.45) is 5.73 Å². The predicted octanol–water partition coefficient (Wildman–Crippen LogP) is 2.53. The summed E-state index contributed by atoms with van der Waals surface area (Å²) < 4.78 is 37.3. The lowest BCUT2D eigenvalue weighted by atomic mass is 10.0. The number of aromatic hydroxyl groups is 1. The summed E-state index contributed by atoms with van der Waals surface area (Å²) in [5.74, 6) is -1.74. The minimum absolute atomic E-state index is 0. The number of hydrogen-bond acceptors (Lipinski definition) is 2. The molecule has 1 aromatic carbocycles. The van der Waals surface area contributed by atoms with Gasteiger partial charge in [0.25, 0.3) is 6.43 Å². The zero-order valence-corrected chi connectivity index (χ0v) is 8.69. The van der Waals surface area contributed by atoms with E-state index >= 15 is 0 Å². The lowest BCUT2D eigenvalue weighted by Gasteiger charge is -2.13. The summed E-state index contributed by atoms with van der Waals surface area (Å²) >= 11 is 0. The molecule has 15 heavy (non-hydrogen) atoms. The highest BCUT2D eigenvalue weighted by Crippen LogP contribution is 2.30. The van der Waals surface area contributed by atoms with Crippen molar-refractivity contribution in [1.29, 1.82) is 0 Å². The summed E-state index contributed by atoms with van der Waals surface area (Å²) in [5, 5.41) is 9.15. The zero-order valence-electron chi connectivity index (χ0n) is 7.88. The van der Waals surface area contributed by atoms with Crippen LogP contribution in [0.5, 0.6) is 5.75 Å². The van der Waals surface area contributed by atoms with Crippen molar-refractivity contribution in [3.8, 4) is 5.75 Å². The Hall–Kier alpha value is -0.940. The van der Waals surface area contributed by atoms with Crippen LogP contribution in [0.25, 0.3) is 0 Å². The first-order valence-corrected chi connectivity index (χ1v) is 3.96. The summed E-state index contributed by atoms with van der Waals surface area (Å²) in [4.78, 5) is 0. The molecule has 0 unspecified atom stereocenters. The molecule has 0 saturated heterocycles. The molecular formula is C9H11ClF3NO. The highest BCUT2D eigenvalue weighted by Gasteiger charge is 2.22. The summed E-state index contributed by atoms with van der Waals surface area (Å²) in [5.41, 5.74) is 5.27. The molecule has 6 heteroatoms. The minimum Gasteiger partial charge on any atom is -0.505 e. The average Bonchev–Trinajstić information content (AvgIpc) is 2.09. The molecule has 0 aliphatic heterocycles. The topological polar surface area (TPSA) is 46.2 Å². The quantitative estimate of drug-likeness (QED) is 0.836. The van der Waals surface area contributed by atoms with Gasteiger partial charge < -0.3 is 10.8 Å². The molecule has 0 aromatic heterocycles. The van der Waals surface area contributed by atoms with E-state index in [0.717, 1.165) is 6.07 Å². The fourth-order valence-electron chi connectivity index (χ4n) is 1.15. The Kier molecular flexibility index (Phi) is 4.90. The van der Waals surface area contributed by atoms with Crippen LogP contribution < -0.4 is 5.73 Å². The normalized spacial score (nSPS) is 12.4. The zero-order chi connectivity index (χ0) is 10.9. The maximum Gasteiger partial charge on any atom is 0.257 e. The summed E-state index contributed by atoms with van der Waals surface area (Å²) in [6, 6.07) is 0.635. The van der Waals surface area contributed by atoms with E-state index in [1.54, 1.807) is 0 Å². The van der Waals surface area contributed by atoms with Gasteiger partial charge in [0.2, 0.25) is 0 Å². The van der Waals surface area contributed by atoms with Gasteiger partial charge in [0.1, 0.15) is 0 Å². The van der Waals surface area contributed by atoms with Crippen molar-refractivity contribution >= 4 is 12.4 Å². The van der Waals surface area contributed by atoms with Crippen LogP contribution in [-0.4, -0.2) is 11.5 Å². The van der Waals surface area contributed by atoms with E-state index in [0.29, 0.717) is 5.56 Å². The third kappa shape index (κ3) is 3.00. The Labute approximate surface area is 91.3 Å². The maximum atomic E-state index is 12.9. The molecule has 0 spiro atoms. The Morgan fingerprint density at radius 3 is 2.33 bits per heavy atom. The molecule has 1 rings (SSSR count). The fraction of sp³-hybridized carbons (Fsp3) is 0.333. The summed E-state index contributed by atoms with van der Waals surface area (Å²) in [7, 11) is 0. The number of alkyl halides is 2. The van der Waals surface area contributed by atoms with Gasteiger partial charge >= 0.3 is 0 Å². The first-order valence-electron chi connectivity index (χ1n) is 3.96. The molecule has 0 fully saturated rings. The lowest BCUT2D eigenvalue weighted by molar-refractivity contribution is 0.115. The molecular weight excluding hydrogens is 231 g/mol. The first kappa shape index (κ1) is 14.1. The Balaban J connectivity index is 0.00000196. The van der Waals surface area contributed by atoms with E-state index in [2.05, 4.69) is 0 Å². The molecule has 2 nitrogen and oxygen atoms in total. The molecule has 0 saturated carbocycles. The van der Waals surface area contributed by atoms with Crippen LogP contribution in [0.3, 0.4) is 0 Å². The number of aryl methyl sites for hydroxylation is 1. The van der Waals surface area contributed by atoms with Crippen LogP contribution in [0.2, 0.25) is 0 Å². The molecule has 3 N–H and O–H groups in total. The Morgan fingerprint density at radius 2 is 1.87 bits per heavy atom. The van der Waals surface area contributed by atoms with E-state index in [9.17, 15) is 13.2 Å². The van der Waals surface area contributed by atoms with Crippen LogP contribution in [0, 0.1) is 12.7 Å². The number of halogens is 4. The second-order valence-corrected chi connectivity index (χ2v) is 3.04. The van der Waals surface area contributed by atoms with Crippen LogP contribution in [0.1, 0.15) is 17.2 Å². The first-order chi connectivity index (χ1) is 6.43. The van der Waals surface area contributed by atoms with Gasteiger partial charge in [0.05, 0.1) is 6.04 Å². The number of hydrogen-bond donors (Lipinski definition) is 2. The third-order valence-electron chi connectivity index (χ3n) is 1.87. The number of phenols is 1. The number of phenolic OH excluding ortho intramolecular Hbond substituents is 1. The van der Waals surface area contributed by atoms with E-state index < -0.39 is 24.0 Å². The summed E-state index contributed by atoms with van der Waals surface area (Å²) in [6.45, 7) is 1.53. The van der Waals surface area contributed by atoms with Crippen LogP contribution in [0.4, 0.5) is 13.2 Å². The standard InChI is InChI=1S/C9H10F3NO.ClH/c1-4-2-5(7(13)9(11)12)8(14)6(10)3-4;/h2-3,7,9,14H,13H2,1H3;1H/t7-;/m1./s1. The maximum absolute atomic E-state index is 12.9. The third-order valence-corrected chi connectivity index (χ3v) is 1.87. The monoisotopic (exact) mass is 241 g/mol. The van der Waals surface area contributed by atoms with Crippen molar-refractivity contribution in [1.82, 2.24) is 0 Å². The van der Waals surface area contributed by atoms with Gasteiger partial charge in [-0.2, -0.15) is 0 Å². The molecule has 1 atom stereocenters. The Bertz CT molecular complexity index is 346. The predicted molar refractivity (Wildman–Crippen MR) is 53.0 cm³/mol. The molecule has 0 radical (unpaired) electrons. The highest BCUT2D eigenvalue weighted by molar-refractivity contribution is 5.85. The smallest absolute Gasteiger partial charge is 0.257 e. The molecule has 86 valence electrons. The van der Waals surface area contributed by atoms with Gasteiger partial charge in [-0.05, 0) is 18.6 Å². The molecule has 0 bridgehead atoms. The van der Waals surface area contributed by atoms with Crippen molar-refractivity contribution in [2.75, 3.05) is 0 Å². The van der Waals surface area contributed by atoms with Gasteiger partial charge in [-0.3, -0.25) is 0 Å². The minimum atomic E-state index is -2.83. The Morgan fingerprint density at radius 1 is 1.33 bits per heavy atom. The molecule has 0 aliphatic rings. The van der Waals surface area contributed by atoms with Crippen molar-refractivity contribution in [2.45, 2.75) is 19.4 Å². The van der Waals surface area contributed by atoms with Crippen molar-refractivity contribution in [3.05, 3.63) is 29.1 Å².